The Labute approximate surface area is 191 Å². The Morgan fingerprint density at radius 1 is 1.25 bits per heavy atom. The van der Waals surface area contributed by atoms with Gasteiger partial charge in [-0.3, -0.25) is 0 Å². The highest BCUT2D eigenvalue weighted by Crippen LogP contribution is 2.35. The highest BCUT2D eigenvalue weighted by Gasteiger charge is 2.33. The zero-order valence-electron chi connectivity index (χ0n) is 18.8. The van der Waals surface area contributed by atoms with E-state index in [0.29, 0.717) is 31.5 Å². The van der Waals surface area contributed by atoms with Crippen molar-refractivity contribution in [3.63, 3.8) is 0 Å². The summed E-state index contributed by atoms with van der Waals surface area (Å²) in [6.45, 7) is 9.62. The van der Waals surface area contributed by atoms with E-state index in [9.17, 15) is 4.79 Å². The van der Waals surface area contributed by atoms with Gasteiger partial charge in [0.2, 0.25) is 0 Å². The molecule has 32 heavy (non-hydrogen) atoms. The van der Waals surface area contributed by atoms with Gasteiger partial charge >= 0.3 is 6.09 Å². The molecular weight excluding hydrogens is 428 g/mol. The number of aromatic nitrogens is 5. The number of thiazole rings is 1. The van der Waals surface area contributed by atoms with Crippen LogP contribution in [0.25, 0.3) is 5.69 Å². The Balaban J connectivity index is 1.30. The van der Waals surface area contributed by atoms with Gasteiger partial charge in [-0.1, -0.05) is 6.92 Å². The number of ether oxygens (including phenoxy) is 2. The van der Waals surface area contributed by atoms with Crippen LogP contribution >= 0.6 is 11.3 Å². The molecule has 1 fully saturated rings. The smallest absolute Gasteiger partial charge is 0.410 e. The molecule has 0 spiro atoms. The first-order chi connectivity index (χ1) is 15.3. The largest absolute Gasteiger partial charge is 0.487 e. The van der Waals surface area contributed by atoms with Crippen molar-refractivity contribution in [2.75, 3.05) is 13.1 Å². The molecule has 0 aliphatic carbocycles. The van der Waals surface area contributed by atoms with Crippen molar-refractivity contribution in [1.29, 1.82) is 0 Å². The number of piperidine rings is 1. The Morgan fingerprint density at radius 3 is 2.69 bits per heavy atom. The lowest BCUT2D eigenvalue weighted by Crippen LogP contribution is -2.44. The van der Waals surface area contributed by atoms with Crippen molar-refractivity contribution in [1.82, 2.24) is 30.1 Å². The summed E-state index contributed by atoms with van der Waals surface area (Å²) < 4.78 is 13.0. The minimum Gasteiger partial charge on any atom is -0.487 e. The van der Waals surface area contributed by atoms with E-state index in [2.05, 4.69) is 27.8 Å². The molecule has 0 saturated carbocycles. The maximum absolute atomic E-state index is 12.4. The maximum Gasteiger partial charge on any atom is 0.410 e. The third kappa shape index (κ3) is 5.42. The number of rotatable bonds is 5. The van der Waals surface area contributed by atoms with Gasteiger partial charge in [-0.15, -0.1) is 16.4 Å². The second-order valence-electron chi connectivity index (χ2n) is 9.01. The first-order valence-electron chi connectivity index (χ1n) is 10.7. The molecule has 2 atom stereocenters. The van der Waals surface area contributed by atoms with Gasteiger partial charge in [0.25, 0.3) is 0 Å². The number of nitrogens with zero attached hydrogens (tertiary/aromatic N) is 6. The molecule has 3 aromatic rings. The molecule has 0 N–H and O–H groups in total. The topological polar surface area (TPSA) is 95.3 Å². The molecule has 2 unspecified atom stereocenters. The molecule has 1 aliphatic heterocycles. The van der Waals surface area contributed by atoms with Crippen LogP contribution in [0.5, 0.6) is 5.75 Å². The van der Waals surface area contributed by atoms with E-state index in [1.807, 2.05) is 49.9 Å². The van der Waals surface area contributed by atoms with Crippen LogP contribution in [0, 0.1) is 5.92 Å². The zero-order chi connectivity index (χ0) is 22.7. The van der Waals surface area contributed by atoms with E-state index >= 15 is 0 Å². The summed E-state index contributed by atoms with van der Waals surface area (Å²) >= 11 is 1.66. The lowest BCUT2D eigenvalue weighted by Gasteiger charge is -2.36. The van der Waals surface area contributed by atoms with Crippen molar-refractivity contribution < 1.29 is 14.3 Å². The fourth-order valence-corrected chi connectivity index (χ4v) is 4.77. The second-order valence-corrected chi connectivity index (χ2v) is 9.90. The predicted octanol–water partition coefficient (Wildman–Crippen LogP) is 4.06. The molecule has 0 radical (unpaired) electrons. The molecule has 3 heterocycles. The Bertz CT molecular complexity index is 1030. The predicted molar refractivity (Wildman–Crippen MR) is 120 cm³/mol. The molecule has 10 heteroatoms. The molecular formula is C22H28N6O3S. The van der Waals surface area contributed by atoms with Crippen LogP contribution in [0.1, 0.15) is 50.7 Å². The molecule has 0 bridgehead atoms. The number of likely N-dealkylation sites (tertiary alicyclic amines) is 1. The van der Waals surface area contributed by atoms with Crippen LogP contribution in [0.2, 0.25) is 0 Å². The first kappa shape index (κ1) is 22.2. The van der Waals surface area contributed by atoms with Crippen molar-refractivity contribution in [2.45, 2.75) is 52.2 Å². The number of hydrogen-bond donors (Lipinski definition) is 0. The number of amides is 1. The SMILES string of the molecule is CC1CN(C(=O)OC(C)(C)C)CCC1c1nc(COc2ccc(-n3cnnn3)cc2)cs1. The monoisotopic (exact) mass is 456 g/mol. The zero-order valence-corrected chi connectivity index (χ0v) is 19.6. The summed E-state index contributed by atoms with van der Waals surface area (Å²) in [5, 5.41) is 14.3. The lowest BCUT2D eigenvalue weighted by molar-refractivity contribution is 0.0155. The minimum absolute atomic E-state index is 0.234. The van der Waals surface area contributed by atoms with Crippen molar-refractivity contribution in [3.05, 3.63) is 46.7 Å². The Morgan fingerprint density at radius 2 is 2.03 bits per heavy atom. The number of carbonyl (C=O) groups is 1. The fourth-order valence-electron chi connectivity index (χ4n) is 3.70. The van der Waals surface area contributed by atoms with E-state index in [0.717, 1.165) is 28.6 Å². The summed E-state index contributed by atoms with van der Waals surface area (Å²) in [5.41, 5.74) is 1.30. The number of hydrogen-bond acceptors (Lipinski definition) is 8. The number of carbonyl (C=O) groups excluding carboxylic acids is 1. The number of tetrazole rings is 1. The van der Waals surface area contributed by atoms with Gasteiger partial charge in [-0.2, -0.15) is 0 Å². The summed E-state index contributed by atoms with van der Waals surface area (Å²) in [5.74, 6) is 1.41. The Hall–Kier alpha value is -3.01. The van der Waals surface area contributed by atoms with Gasteiger partial charge in [0, 0.05) is 24.4 Å². The third-order valence-electron chi connectivity index (χ3n) is 5.28. The molecule has 170 valence electrons. The standard InChI is InChI=1S/C22H28N6O3S/c1-15-11-27(21(29)31-22(2,3)4)10-9-19(15)20-24-16(13-32-20)12-30-18-7-5-17(6-8-18)28-14-23-25-26-28/h5-8,13-15,19H,9-12H2,1-4H3. The van der Waals surface area contributed by atoms with Gasteiger partial charge in [0.05, 0.1) is 16.4 Å². The quantitative estimate of drug-likeness (QED) is 0.571. The lowest BCUT2D eigenvalue weighted by atomic mass is 9.87. The van der Waals surface area contributed by atoms with Crippen molar-refractivity contribution in [3.8, 4) is 11.4 Å². The summed E-state index contributed by atoms with van der Waals surface area (Å²) in [6.07, 6.45) is 2.19. The summed E-state index contributed by atoms with van der Waals surface area (Å²) in [7, 11) is 0. The highest BCUT2D eigenvalue weighted by atomic mass is 32.1. The first-order valence-corrected chi connectivity index (χ1v) is 11.5. The van der Waals surface area contributed by atoms with E-state index in [-0.39, 0.29) is 6.09 Å². The average Bonchev–Trinajstić information content (AvgIpc) is 3.44. The second kappa shape index (κ2) is 9.23. The van der Waals surface area contributed by atoms with Crippen LogP contribution < -0.4 is 4.74 Å². The number of benzene rings is 1. The van der Waals surface area contributed by atoms with Crippen LogP contribution in [-0.4, -0.2) is 54.9 Å². The van der Waals surface area contributed by atoms with Crippen LogP contribution in [0.4, 0.5) is 4.79 Å². The third-order valence-corrected chi connectivity index (χ3v) is 6.31. The van der Waals surface area contributed by atoms with Gasteiger partial charge < -0.3 is 14.4 Å². The fraction of sp³-hybridized carbons (Fsp3) is 0.500. The van der Waals surface area contributed by atoms with Crippen LogP contribution in [0.15, 0.2) is 36.0 Å². The van der Waals surface area contributed by atoms with Crippen molar-refractivity contribution >= 4 is 17.4 Å². The van der Waals surface area contributed by atoms with Gasteiger partial charge in [0.1, 0.15) is 24.3 Å². The average molecular weight is 457 g/mol. The van der Waals surface area contributed by atoms with Gasteiger partial charge in [0.15, 0.2) is 0 Å². The summed E-state index contributed by atoms with van der Waals surface area (Å²) in [6, 6.07) is 7.58. The van der Waals surface area contributed by atoms with Crippen LogP contribution in [-0.2, 0) is 11.3 Å². The maximum atomic E-state index is 12.4. The van der Waals surface area contributed by atoms with Gasteiger partial charge in [-0.05, 0) is 67.8 Å². The summed E-state index contributed by atoms with van der Waals surface area (Å²) in [4.78, 5) is 19.0. The van der Waals surface area contributed by atoms with E-state index in [1.54, 1.807) is 22.3 Å². The Kier molecular flexibility index (Phi) is 6.40. The molecule has 1 saturated heterocycles. The molecule has 1 amide bonds. The van der Waals surface area contributed by atoms with Crippen molar-refractivity contribution in [2.24, 2.45) is 5.92 Å². The molecule has 1 aliphatic rings. The van der Waals surface area contributed by atoms with E-state index in [1.165, 1.54) is 0 Å². The molecule has 2 aromatic heterocycles. The van der Waals surface area contributed by atoms with Crippen LogP contribution in [0.3, 0.4) is 0 Å². The normalized spacial score (nSPS) is 19.1. The van der Waals surface area contributed by atoms with Gasteiger partial charge in [-0.25, -0.2) is 14.5 Å². The molecule has 4 rings (SSSR count). The highest BCUT2D eigenvalue weighted by molar-refractivity contribution is 7.09. The van der Waals surface area contributed by atoms with E-state index in [4.69, 9.17) is 14.5 Å². The van der Waals surface area contributed by atoms with E-state index < -0.39 is 5.60 Å². The molecule has 1 aromatic carbocycles. The molecule has 9 nitrogen and oxygen atoms in total. The minimum atomic E-state index is -0.477.